The van der Waals surface area contributed by atoms with E-state index in [-0.39, 0.29) is 31.3 Å². The zero-order valence-electron chi connectivity index (χ0n) is 14.9. The van der Waals surface area contributed by atoms with Gasteiger partial charge in [-0.2, -0.15) is 0 Å². The number of amides is 2. The predicted octanol–water partition coefficient (Wildman–Crippen LogP) is 2.55. The monoisotopic (exact) mass is 388 g/mol. The molecule has 1 fully saturated rings. The molecule has 27 heavy (non-hydrogen) atoms. The van der Waals surface area contributed by atoms with Gasteiger partial charge in [0, 0.05) is 24.5 Å². The third-order valence-electron chi connectivity index (χ3n) is 4.58. The van der Waals surface area contributed by atoms with Crippen molar-refractivity contribution in [2.45, 2.75) is 12.5 Å². The van der Waals surface area contributed by atoms with E-state index in [1.54, 1.807) is 30.3 Å². The predicted molar refractivity (Wildman–Crippen MR) is 103 cm³/mol. The summed E-state index contributed by atoms with van der Waals surface area (Å²) in [6.07, 6.45) is -0.695. The van der Waals surface area contributed by atoms with Crippen LogP contribution in [0.1, 0.15) is 18.1 Å². The highest BCUT2D eigenvalue weighted by atomic mass is 35.5. The van der Waals surface area contributed by atoms with Crippen LogP contribution in [0.3, 0.4) is 0 Å². The first kappa shape index (κ1) is 19.2. The lowest BCUT2D eigenvalue weighted by Gasteiger charge is -2.20. The second-order valence-electron chi connectivity index (χ2n) is 6.39. The van der Waals surface area contributed by atoms with E-state index in [1.165, 1.54) is 12.0 Å². The second kappa shape index (κ2) is 8.41. The molecule has 3 rings (SSSR count). The maximum atomic E-state index is 12.5. The van der Waals surface area contributed by atoms with E-state index in [9.17, 15) is 14.7 Å². The summed E-state index contributed by atoms with van der Waals surface area (Å²) in [4.78, 5) is 26.4. The van der Waals surface area contributed by atoms with Gasteiger partial charge in [0.2, 0.25) is 11.8 Å². The molecule has 2 aromatic rings. The average molecular weight is 389 g/mol. The smallest absolute Gasteiger partial charge is 0.227 e. The topological polar surface area (TPSA) is 78.9 Å². The number of anilines is 1. The van der Waals surface area contributed by atoms with Crippen molar-refractivity contribution in [3.05, 3.63) is 59.1 Å². The molecule has 2 aromatic carbocycles. The largest absolute Gasteiger partial charge is 0.495 e. The van der Waals surface area contributed by atoms with Crippen molar-refractivity contribution in [1.29, 1.82) is 0 Å². The lowest BCUT2D eigenvalue weighted by atomic mass is 10.1. The van der Waals surface area contributed by atoms with Gasteiger partial charge < -0.3 is 20.1 Å². The Morgan fingerprint density at radius 1 is 1.33 bits per heavy atom. The molecule has 0 saturated carbocycles. The second-order valence-corrected chi connectivity index (χ2v) is 6.83. The molecule has 1 aliphatic heterocycles. The molecule has 6 nitrogen and oxygen atoms in total. The summed E-state index contributed by atoms with van der Waals surface area (Å²) in [5, 5.41) is 13.4. The number of carbonyl (C=O) groups excluding carboxylic acids is 2. The Kier molecular flexibility index (Phi) is 5.98. The summed E-state index contributed by atoms with van der Waals surface area (Å²) in [7, 11) is 1.52. The minimum atomic E-state index is -0.795. The number of hydrogen-bond donors (Lipinski definition) is 2. The molecule has 0 bridgehead atoms. The van der Waals surface area contributed by atoms with E-state index < -0.39 is 12.0 Å². The zero-order chi connectivity index (χ0) is 19.4. The third kappa shape index (κ3) is 4.40. The molecule has 142 valence electrons. The highest BCUT2D eigenvalue weighted by molar-refractivity contribution is 6.31. The number of hydrogen-bond acceptors (Lipinski definition) is 4. The van der Waals surface area contributed by atoms with Gasteiger partial charge in [-0.25, -0.2) is 0 Å². The molecule has 0 radical (unpaired) electrons. The van der Waals surface area contributed by atoms with Crippen LogP contribution in [0.5, 0.6) is 5.75 Å². The number of methoxy groups -OCH3 is 1. The summed E-state index contributed by atoms with van der Waals surface area (Å²) in [6, 6.07) is 14.1. The average Bonchev–Trinajstić information content (AvgIpc) is 3.08. The van der Waals surface area contributed by atoms with Crippen LogP contribution < -0.4 is 15.0 Å². The lowest BCUT2D eigenvalue weighted by molar-refractivity contribution is -0.126. The lowest BCUT2D eigenvalue weighted by Crippen LogP contribution is -2.35. The number of aliphatic hydroxyl groups excluding tert-OH is 1. The molecular weight excluding hydrogens is 368 g/mol. The molecule has 2 unspecified atom stereocenters. The van der Waals surface area contributed by atoms with Gasteiger partial charge in [-0.3, -0.25) is 9.59 Å². The van der Waals surface area contributed by atoms with Crippen molar-refractivity contribution in [1.82, 2.24) is 5.32 Å². The van der Waals surface area contributed by atoms with E-state index in [1.807, 2.05) is 18.2 Å². The first-order chi connectivity index (χ1) is 13.0. The van der Waals surface area contributed by atoms with Crippen molar-refractivity contribution in [3.8, 4) is 5.75 Å². The Hall–Kier alpha value is -2.57. The van der Waals surface area contributed by atoms with Crippen LogP contribution in [0.15, 0.2) is 48.5 Å². The van der Waals surface area contributed by atoms with Crippen LogP contribution in [0.25, 0.3) is 0 Å². The van der Waals surface area contributed by atoms with Crippen LogP contribution in [0.2, 0.25) is 5.02 Å². The molecular formula is C20H21ClN2O4. The number of ether oxygens (including phenoxy) is 1. The van der Waals surface area contributed by atoms with E-state index >= 15 is 0 Å². The quantitative estimate of drug-likeness (QED) is 0.797. The maximum Gasteiger partial charge on any atom is 0.227 e. The number of rotatable bonds is 6. The Labute approximate surface area is 162 Å². The van der Waals surface area contributed by atoms with E-state index in [0.717, 1.165) is 5.56 Å². The summed E-state index contributed by atoms with van der Waals surface area (Å²) in [6.45, 7) is 0.330. The van der Waals surface area contributed by atoms with Gasteiger partial charge in [0.1, 0.15) is 5.75 Å². The standard InChI is InChI=1S/C20H21ClN2O4/c1-27-18-8-7-15(21)10-16(18)23-12-14(9-19(23)25)20(26)22-11-17(24)13-5-3-2-4-6-13/h2-8,10,14,17,24H,9,11-12H2,1H3,(H,22,26). The van der Waals surface area contributed by atoms with Crippen molar-refractivity contribution in [3.63, 3.8) is 0 Å². The summed E-state index contributed by atoms with van der Waals surface area (Å²) < 4.78 is 5.30. The fourth-order valence-corrected chi connectivity index (χ4v) is 3.29. The first-order valence-corrected chi connectivity index (χ1v) is 9.02. The first-order valence-electron chi connectivity index (χ1n) is 8.64. The number of halogens is 1. The van der Waals surface area contributed by atoms with Gasteiger partial charge in [0.25, 0.3) is 0 Å². The molecule has 7 heteroatoms. The molecule has 1 saturated heterocycles. The molecule has 2 atom stereocenters. The van der Waals surface area contributed by atoms with Crippen molar-refractivity contribution in [2.75, 3.05) is 25.1 Å². The van der Waals surface area contributed by atoms with Crippen LogP contribution in [-0.2, 0) is 9.59 Å². The highest BCUT2D eigenvalue weighted by Crippen LogP contribution is 2.35. The Bertz CT molecular complexity index is 828. The fraction of sp³-hybridized carbons (Fsp3) is 0.300. The Morgan fingerprint density at radius 3 is 2.78 bits per heavy atom. The summed E-state index contributed by atoms with van der Waals surface area (Å²) in [5.74, 6) is -0.404. The minimum absolute atomic E-state index is 0.0913. The molecule has 1 heterocycles. The van der Waals surface area contributed by atoms with Gasteiger partial charge >= 0.3 is 0 Å². The van der Waals surface area contributed by atoms with Gasteiger partial charge in [-0.05, 0) is 23.8 Å². The fourth-order valence-electron chi connectivity index (χ4n) is 3.12. The normalized spacial score (nSPS) is 17.7. The minimum Gasteiger partial charge on any atom is -0.495 e. The number of carbonyl (C=O) groups is 2. The van der Waals surface area contributed by atoms with Crippen molar-refractivity contribution >= 4 is 29.1 Å². The van der Waals surface area contributed by atoms with Crippen LogP contribution >= 0.6 is 11.6 Å². The van der Waals surface area contributed by atoms with Crippen LogP contribution in [-0.4, -0.2) is 37.1 Å². The molecule has 2 N–H and O–H groups in total. The number of nitrogens with zero attached hydrogens (tertiary/aromatic N) is 1. The van der Waals surface area contributed by atoms with Crippen LogP contribution in [0.4, 0.5) is 5.69 Å². The number of aliphatic hydroxyl groups is 1. The maximum absolute atomic E-state index is 12.5. The number of benzene rings is 2. The van der Waals surface area contributed by atoms with Gasteiger partial charge in [0.05, 0.1) is 24.8 Å². The van der Waals surface area contributed by atoms with Gasteiger partial charge in [-0.1, -0.05) is 41.9 Å². The zero-order valence-corrected chi connectivity index (χ0v) is 15.6. The van der Waals surface area contributed by atoms with Crippen molar-refractivity contribution < 1.29 is 19.4 Å². The van der Waals surface area contributed by atoms with Crippen LogP contribution in [0, 0.1) is 5.92 Å². The van der Waals surface area contributed by atoms with Gasteiger partial charge in [0.15, 0.2) is 0 Å². The SMILES string of the molecule is COc1ccc(Cl)cc1N1CC(C(=O)NCC(O)c2ccccc2)CC1=O. The highest BCUT2D eigenvalue weighted by Gasteiger charge is 2.36. The third-order valence-corrected chi connectivity index (χ3v) is 4.82. The van der Waals surface area contributed by atoms with E-state index in [2.05, 4.69) is 5.32 Å². The molecule has 0 spiro atoms. The Balaban J connectivity index is 1.63. The molecule has 0 aliphatic carbocycles. The van der Waals surface area contributed by atoms with E-state index in [4.69, 9.17) is 16.3 Å². The number of nitrogens with one attached hydrogen (secondary N) is 1. The molecule has 1 aliphatic rings. The molecule has 0 aromatic heterocycles. The Morgan fingerprint density at radius 2 is 2.07 bits per heavy atom. The summed E-state index contributed by atoms with van der Waals surface area (Å²) >= 11 is 6.04. The van der Waals surface area contributed by atoms with E-state index in [0.29, 0.717) is 16.5 Å². The summed E-state index contributed by atoms with van der Waals surface area (Å²) in [5.41, 5.74) is 1.28. The molecule has 2 amide bonds. The van der Waals surface area contributed by atoms with Gasteiger partial charge in [-0.15, -0.1) is 0 Å². The van der Waals surface area contributed by atoms with Crippen molar-refractivity contribution in [2.24, 2.45) is 5.92 Å².